The normalized spacial score (nSPS) is 17.1. The number of sulfonamides is 1. The summed E-state index contributed by atoms with van der Waals surface area (Å²) in [5, 5.41) is 3.41. The van der Waals surface area contributed by atoms with Crippen LogP contribution in [-0.2, 0) is 10.0 Å². The molecule has 118 valence electrons. The maximum Gasteiger partial charge on any atom is 0.243 e. The van der Waals surface area contributed by atoms with Gasteiger partial charge < -0.3 is 5.32 Å². The first-order valence-corrected chi connectivity index (χ1v) is 9.29. The Morgan fingerprint density at radius 2 is 1.86 bits per heavy atom. The Balaban J connectivity index is 2.14. The molecule has 2 rings (SSSR count). The summed E-state index contributed by atoms with van der Waals surface area (Å²) in [7, 11) is -3.33. The molecule has 1 atom stereocenters. The number of nitrogens with one attached hydrogen (secondary N) is 1. The molecule has 0 bridgehead atoms. The topological polar surface area (TPSA) is 49.4 Å². The highest BCUT2D eigenvalue weighted by molar-refractivity contribution is 7.89. The van der Waals surface area contributed by atoms with E-state index in [0.29, 0.717) is 11.4 Å². The Bertz CT molecular complexity index is 550. The molecule has 0 saturated heterocycles. The molecule has 1 N–H and O–H groups in total. The third-order valence-electron chi connectivity index (χ3n) is 3.95. The van der Waals surface area contributed by atoms with Crippen LogP contribution in [0.4, 0.5) is 0 Å². The van der Waals surface area contributed by atoms with Gasteiger partial charge in [-0.1, -0.05) is 26.0 Å². The quantitative estimate of drug-likeness (QED) is 0.803. The molecule has 5 heteroatoms. The van der Waals surface area contributed by atoms with Gasteiger partial charge in [-0.25, -0.2) is 8.42 Å². The molecule has 0 heterocycles. The van der Waals surface area contributed by atoms with E-state index in [1.807, 2.05) is 19.1 Å². The zero-order valence-electron chi connectivity index (χ0n) is 13.2. The van der Waals surface area contributed by atoms with Crippen LogP contribution in [0.15, 0.2) is 29.2 Å². The lowest BCUT2D eigenvalue weighted by Gasteiger charge is -2.20. The van der Waals surface area contributed by atoms with Crippen molar-refractivity contribution in [2.24, 2.45) is 0 Å². The third-order valence-corrected chi connectivity index (χ3v) is 5.99. The fourth-order valence-corrected chi connectivity index (χ4v) is 4.22. The van der Waals surface area contributed by atoms with Gasteiger partial charge in [-0.2, -0.15) is 4.31 Å². The van der Waals surface area contributed by atoms with Gasteiger partial charge in [0.15, 0.2) is 0 Å². The molecule has 0 radical (unpaired) electrons. The highest BCUT2D eigenvalue weighted by atomic mass is 32.2. The zero-order chi connectivity index (χ0) is 15.5. The van der Waals surface area contributed by atoms with Gasteiger partial charge in [0.1, 0.15) is 0 Å². The first-order chi connectivity index (χ1) is 10.0. The van der Waals surface area contributed by atoms with Crippen LogP contribution in [0.2, 0.25) is 0 Å². The fraction of sp³-hybridized carbons (Fsp3) is 0.625. The van der Waals surface area contributed by atoms with E-state index in [1.54, 1.807) is 16.4 Å². The minimum absolute atomic E-state index is 0.213. The third kappa shape index (κ3) is 3.84. The molecule has 0 aliphatic heterocycles. The van der Waals surface area contributed by atoms with Gasteiger partial charge >= 0.3 is 0 Å². The standard InChI is InChI=1S/C16H26N2O2S/c1-4-12-17-13(3)14-6-10-16(11-7-14)21(19,20)18(5-2)15-8-9-15/h6-7,10-11,13,15,17H,4-5,8-9,12H2,1-3H3. The smallest absolute Gasteiger partial charge is 0.243 e. The maximum atomic E-state index is 12.6. The highest BCUT2D eigenvalue weighted by Crippen LogP contribution is 2.31. The van der Waals surface area contributed by atoms with Crippen molar-refractivity contribution in [3.63, 3.8) is 0 Å². The molecule has 1 unspecified atom stereocenters. The summed E-state index contributed by atoms with van der Waals surface area (Å²) in [5.74, 6) is 0. The molecule has 21 heavy (non-hydrogen) atoms. The molecule has 1 aromatic carbocycles. The SMILES string of the molecule is CCCNC(C)c1ccc(S(=O)(=O)N(CC)C2CC2)cc1. The molecule has 1 aliphatic rings. The van der Waals surface area contributed by atoms with Crippen LogP contribution >= 0.6 is 0 Å². The lowest BCUT2D eigenvalue weighted by molar-refractivity contribution is 0.421. The van der Waals surface area contributed by atoms with E-state index in [1.165, 1.54) is 0 Å². The first-order valence-electron chi connectivity index (χ1n) is 7.85. The second-order valence-electron chi connectivity index (χ2n) is 5.68. The van der Waals surface area contributed by atoms with Crippen LogP contribution in [0.25, 0.3) is 0 Å². The Morgan fingerprint density at radius 1 is 1.24 bits per heavy atom. The van der Waals surface area contributed by atoms with Gasteiger partial charge in [0.2, 0.25) is 10.0 Å². The summed E-state index contributed by atoms with van der Waals surface area (Å²) in [4.78, 5) is 0.405. The fourth-order valence-electron chi connectivity index (χ4n) is 2.53. The molecule has 0 amide bonds. The average Bonchev–Trinajstić information content (AvgIpc) is 3.30. The Kier molecular flexibility index (Phi) is 5.41. The van der Waals surface area contributed by atoms with E-state index in [9.17, 15) is 8.42 Å². The molecule has 1 saturated carbocycles. The molecule has 4 nitrogen and oxygen atoms in total. The minimum atomic E-state index is -3.33. The predicted octanol–water partition coefficient (Wildman–Crippen LogP) is 2.92. The van der Waals surface area contributed by atoms with Crippen molar-refractivity contribution in [2.45, 2.75) is 57.0 Å². The zero-order valence-corrected chi connectivity index (χ0v) is 14.0. The van der Waals surface area contributed by atoms with Crippen molar-refractivity contribution < 1.29 is 8.42 Å². The van der Waals surface area contributed by atoms with E-state index in [4.69, 9.17) is 0 Å². The van der Waals surface area contributed by atoms with E-state index >= 15 is 0 Å². The van der Waals surface area contributed by atoms with Crippen LogP contribution in [0, 0.1) is 0 Å². The molecule has 0 aromatic heterocycles. The molecule has 1 aliphatic carbocycles. The van der Waals surface area contributed by atoms with Crippen molar-refractivity contribution >= 4 is 10.0 Å². The summed E-state index contributed by atoms with van der Waals surface area (Å²) >= 11 is 0. The number of hydrogen-bond donors (Lipinski definition) is 1. The van der Waals surface area contributed by atoms with Gasteiger partial charge in [0.05, 0.1) is 4.90 Å². The average molecular weight is 310 g/mol. The number of nitrogens with zero attached hydrogens (tertiary/aromatic N) is 1. The van der Waals surface area contributed by atoms with Gasteiger partial charge in [-0.15, -0.1) is 0 Å². The second kappa shape index (κ2) is 6.90. The predicted molar refractivity (Wildman–Crippen MR) is 85.7 cm³/mol. The monoisotopic (exact) mass is 310 g/mol. The molecule has 0 spiro atoms. The Labute approximate surface area is 128 Å². The Morgan fingerprint density at radius 3 is 2.33 bits per heavy atom. The van der Waals surface area contributed by atoms with E-state index in [-0.39, 0.29) is 12.1 Å². The summed E-state index contributed by atoms with van der Waals surface area (Å²) in [6.45, 7) is 7.64. The molecular formula is C16H26N2O2S. The van der Waals surface area contributed by atoms with Crippen molar-refractivity contribution in [3.05, 3.63) is 29.8 Å². The first kappa shape index (κ1) is 16.5. The van der Waals surface area contributed by atoms with Crippen molar-refractivity contribution in [1.82, 2.24) is 9.62 Å². The summed E-state index contributed by atoms with van der Waals surface area (Å²) < 4.78 is 26.8. The van der Waals surface area contributed by atoms with Crippen LogP contribution in [0.1, 0.15) is 51.6 Å². The van der Waals surface area contributed by atoms with Crippen LogP contribution in [0.3, 0.4) is 0 Å². The Hall–Kier alpha value is -0.910. The number of rotatable bonds is 8. The summed E-state index contributed by atoms with van der Waals surface area (Å²) in [6, 6.07) is 7.76. The van der Waals surface area contributed by atoms with Crippen LogP contribution in [0.5, 0.6) is 0 Å². The summed E-state index contributed by atoms with van der Waals surface area (Å²) in [5.41, 5.74) is 1.12. The lowest BCUT2D eigenvalue weighted by atomic mass is 10.1. The molecule has 1 fully saturated rings. The van der Waals surface area contributed by atoms with Crippen molar-refractivity contribution in [1.29, 1.82) is 0 Å². The van der Waals surface area contributed by atoms with E-state index < -0.39 is 10.0 Å². The number of benzene rings is 1. The number of hydrogen-bond acceptors (Lipinski definition) is 3. The van der Waals surface area contributed by atoms with Crippen LogP contribution < -0.4 is 5.32 Å². The second-order valence-corrected chi connectivity index (χ2v) is 7.57. The molecule has 1 aromatic rings. The van der Waals surface area contributed by atoms with Gasteiger partial charge in [0, 0.05) is 18.6 Å². The highest BCUT2D eigenvalue weighted by Gasteiger charge is 2.36. The van der Waals surface area contributed by atoms with Gasteiger partial charge in [-0.05, 0) is 50.4 Å². The lowest BCUT2D eigenvalue weighted by Crippen LogP contribution is -2.32. The van der Waals surface area contributed by atoms with Gasteiger partial charge in [-0.3, -0.25) is 0 Å². The van der Waals surface area contributed by atoms with Crippen LogP contribution in [-0.4, -0.2) is 31.9 Å². The molecular weight excluding hydrogens is 284 g/mol. The van der Waals surface area contributed by atoms with Crippen molar-refractivity contribution in [3.8, 4) is 0 Å². The van der Waals surface area contributed by atoms with Gasteiger partial charge in [0.25, 0.3) is 0 Å². The minimum Gasteiger partial charge on any atom is -0.310 e. The van der Waals surface area contributed by atoms with E-state index in [0.717, 1.165) is 31.4 Å². The van der Waals surface area contributed by atoms with Crippen molar-refractivity contribution in [2.75, 3.05) is 13.1 Å². The van der Waals surface area contributed by atoms with E-state index in [2.05, 4.69) is 19.2 Å². The maximum absolute atomic E-state index is 12.6. The largest absolute Gasteiger partial charge is 0.310 e. The summed E-state index contributed by atoms with van der Waals surface area (Å²) in [6.07, 6.45) is 3.07.